The molecule has 0 aliphatic carbocycles. The molecule has 1 aromatic rings. The highest BCUT2D eigenvalue weighted by Gasteiger charge is 2.28. The molecule has 7 heteroatoms. The second-order valence-electron chi connectivity index (χ2n) is 4.79. The molecule has 0 radical (unpaired) electrons. The molecule has 0 amide bonds. The van der Waals surface area contributed by atoms with E-state index in [4.69, 9.17) is 5.21 Å². The standard InChI is InChI=1S/C12H17BFN3O2/c1-13(18)17-6-4-9(5-7-17)12(16-19)11-3-2-10(14)8-15-11/h2-3,8-9,18-19H,4-7H2,1H3/b16-12+. The van der Waals surface area contributed by atoms with Gasteiger partial charge in [0.2, 0.25) is 0 Å². The van der Waals surface area contributed by atoms with Crippen LogP contribution in [0, 0.1) is 11.7 Å². The normalized spacial score (nSPS) is 18.6. The largest absolute Gasteiger partial charge is 0.437 e. The average molecular weight is 265 g/mol. The number of hydrogen-bond donors (Lipinski definition) is 2. The molecule has 2 N–H and O–H groups in total. The van der Waals surface area contributed by atoms with E-state index >= 15 is 0 Å². The number of nitrogens with zero attached hydrogens (tertiary/aromatic N) is 3. The second-order valence-corrected chi connectivity index (χ2v) is 4.79. The minimum absolute atomic E-state index is 0.0814. The van der Waals surface area contributed by atoms with Crippen molar-refractivity contribution in [2.75, 3.05) is 13.1 Å². The van der Waals surface area contributed by atoms with Gasteiger partial charge in [0.05, 0.1) is 11.9 Å². The quantitative estimate of drug-likeness (QED) is 0.373. The molecule has 5 nitrogen and oxygen atoms in total. The van der Waals surface area contributed by atoms with Crippen molar-refractivity contribution < 1.29 is 14.6 Å². The summed E-state index contributed by atoms with van der Waals surface area (Å²) < 4.78 is 12.8. The first kappa shape index (κ1) is 14.0. The fourth-order valence-corrected chi connectivity index (χ4v) is 2.42. The van der Waals surface area contributed by atoms with E-state index in [1.165, 1.54) is 12.1 Å². The molecule has 0 aromatic carbocycles. The predicted molar refractivity (Wildman–Crippen MR) is 70.7 cm³/mol. The molecule has 0 saturated carbocycles. The number of halogens is 1. The van der Waals surface area contributed by atoms with Gasteiger partial charge in [-0.2, -0.15) is 0 Å². The summed E-state index contributed by atoms with van der Waals surface area (Å²) in [5, 5.41) is 22.0. The molecule has 2 heterocycles. The molecule has 2 rings (SSSR count). The number of oxime groups is 1. The van der Waals surface area contributed by atoms with Crippen LogP contribution in [0.4, 0.5) is 4.39 Å². The van der Waals surface area contributed by atoms with Gasteiger partial charge in [0, 0.05) is 5.92 Å². The van der Waals surface area contributed by atoms with Crippen molar-refractivity contribution in [1.29, 1.82) is 0 Å². The van der Waals surface area contributed by atoms with E-state index in [0.29, 0.717) is 11.4 Å². The highest BCUT2D eigenvalue weighted by molar-refractivity contribution is 6.45. The molecule has 0 spiro atoms. The number of aromatic nitrogens is 1. The van der Waals surface area contributed by atoms with Gasteiger partial charge < -0.3 is 15.0 Å². The van der Waals surface area contributed by atoms with Gasteiger partial charge in [0.25, 0.3) is 0 Å². The summed E-state index contributed by atoms with van der Waals surface area (Å²) in [4.78, 5) is 5.91. The molecule has 1 saturated heterocycles. The van der Waals surface area contributed by atoms with E-state index in [0.717, 1.165) is 32.1 Å². The molecular weight excluding hydrogens is 248 g/mol. The maximum atomic E-state index is 12.8. The highest BCUT2D eigenvalue weighted by Crippen LogP contribution is 2.22. The Morgan fingerprint density at radius 2 is 2.16 bits per heavy atom. The van der Waals surface area contributed by atoms with Crippen LogP contribution in [-0.4, -0.2) is 45.9 Å². The molecular formula is C12H17BFN3O2. The van der Waals surface area contributed by atoms with Gasteiger partial charge in [-0.1, -0.05) is 5.16 Å². The van der Waals surface area contributed by atoms with Crippen LogP contribution >= 0.6 is 0 Å². The lowest BCUT2D eigenvalue weighted by atomic mass is 9.79. The van der Waals surface area contributed by atoms with Crippen molar-refractivity contribution in [1.82, 2.24) is 9.79 Å². The Morgan fingerprint density at radius 3 is 2.63 bits per heavy atom. The first-order chi connectivity index (χ1) is 9.11. The summed E-state index contributed by atoms with van der Waals surface area (Å²) in [5.74, 6) is -0.331. The van der Waals surface area contributed by atoms with Gasteiger partial charge in [-0.3, -0.25) is 4.98 Å². The monoisotopic (exact) mass is 265 g/mol. The first-order valence-electron chi connectivity index (χ1n) is 6.38. The molecule has 0 atom stereocenters. The first-order valence-corrected chi connectivity index (χ1v) is 6.38. The Bertz CT molecular complexity index is 445. The van der Waals surface area contributed by atoms with Crippen LogP contribution in [-0.2, 0) is 0 Å². The van der Waals surface area contributed by atoms with Gasteiger partial charge in [-0.05, 0) is 44.9 Å². The Hall–Kier alpha value is -1.47. The van der Waals surface area contributed by atoms with Gasteiger partial charge in [-0.15, -0.1) is 0 Å². The van der Waals surface area contributed by atoms with Crippen LogP contribution < -0.4 is 0 Å². The van der Waals surface area contributed by atoms with Crippen molar-refractivity contribution in [2.24, 2.45) is 11.1 Å². The summed E-state index contributed by atoms with van der Waals surface area (Å²) in [6, 6.07) is 2.82. The summed E-state index contributed by atoms with van der Waals surface area (Å²) >= 11 is 0. The van der Waals surface area contributed by atoms with Crippen molar-refractivity contribution in [2.45, 2.75) is 19.7 Å². The minimum Gasteiger partial charge on any atom is -0.437 e. The van der Waals surface area contributed by atoms with Crippen LogP contribution in [0.2, 0.25) is 6.82 Å². The minimum atomic E-state index is -0.459. The summed E-state index contributed by atoms with van der Waals surface area (Å²) in [6.07, 6.45) is 2.68. The number of hydrogen-bond acceptors (Lipinski definition) is 5. The zero-order valence-corrected chi connectivity index (χ0v) is 10.8. The van der Waals surface area contributed by atoms with Crippen molar-refractivity contribution in [3.63, 3.8) is 0 Å². The maximum absolute atomic E-state index is 12.8. The van der Waals surface area contributed by atoms with E-state index in [9.17, 15) is 9.41 Å². The third-order valence-electron chi connectivity index (χ3n) is 3.54. The Balaban J connectivity index is 2.06. The van der Waals surface area contributed by atoms with Crippen LogP contribution in [0.5, 0.6) is 0 Å². The average Bonchev–Trinajstić information content (AvgIpc) is 2.42. The lowest BCUT2D eigenvalue weighted by Crippen LogP contribution is -2.44. The fourth-order valence-electron chi connectivity index (χ4n) is 2.42. The summed E-state index contributed by atoms with van der Waals surface area (Å²) in [7, 11) is -0.459. The molecule has 1 fully saturated rings. The topological polar surface area (TPSA) is 69.0 Å². The Morgan fingerprint density at radius 1 is 1.47 bits per heavy atom. The fraction of sp³-hybridized carbons (Fsp3) is 0.500. The molecule has 19 heavy (non-hydrogen) atoms. The lowest BCUT2D eigenvalue weighted by molar-refractivity contribution is 0.275. The third kappa shape index (κ3) is 3.30. The van der Waals surface area contributed by atoms with Crippen LogP contribution in [0.3, 0.4) is 0 Å². The Kier molecular flexibility index (Phi) is 4.49. The van der Waals surface area contributed by atoms with Crippen molar-refractivity contribution in [3.8, 4) is 0 Å². The van der Waals surface area contributed by atoms with Crippen molar-refractivity contribution >= 4 is 12.8 Å². The van der Waals surface area contributed by atoms with Gasteiger partial charge >= 0.3 is 7.05 Å². The van der Waals surface area contributed by atoms with Gasteiger partial charge in [0.15, 0.2) is 0 Å². The number of piperidine rings is 1. The van der Waals surface area contributed by atoms with E-state index in [-0.39, 0.29) is 5.92 Å². The number of pyridine rings is 1. The van der Waals surface area contributed by atoms with Gasteiger partial charge in [0.1, 0.15) is 11.5 Å². The van der Waals surface area contributed by atoms with E-state index in [2.05, 4.69) is 10.1 Å². The van der Waals surface area contributed by atoms with E-state index in [1.807, 2.05) is 4.81 Å². The lowest BCUT2D eigenvalue weighted by Gasteiger charge is -2.32. The van der Waals surface area contributed by atoms with Crippen LogP contribution in [0.1, 0.15) is 18.5 Å². The SMILES string of the molecule is CB(O)N1CCC(/C(=N\O)c2ccc(F)cn2)CC1. The molecule has 1 aliphatic rings. The van der Waals surface area contributed by atoms with E-state index < -0.39 is 12.9 Å². The number of rotatable bonds is 3. The maximum Gasteiger partial charge on any atom is 0.376 e. The molecule has 1 aromatic heterocycles. The van der Waals surface area contributed by atoms with Crippen LogP contribution in [0.25, 0.3) is 0 Å². The smallest absolute Gasteiger partial charge is 0.376 e. The highest BCUT2D eigenvalue weighted by atomic mass is 19.1. The third-order valence-corrected chi connectivity index (χ3v) is 3.54. The van der Waals surface area contributed by atoms with Gasteiger partial charge in [-0.25, -0.2) is 4.39 Å². The molecule has 102 valence electrons. The molecule has 0 bridgehead atoms. The van der Waals surface area contributed by atoms with E-state index in [1.54, 1.807) is 6.82 Å². The molecule has 1 aliphatic heterocycles. The Labute approximate surface area is 111 Å². The summed E-state index contributed by atoms with van der Waals surface area (Å²) in [6.45, 7) is 3.22. The summed E-state index contributed by atoms with van der Waals surface area (Å²) in [5.41, 5.74) is 0.990. The second kappa shape index (κ2) is 6.12. The molecule has 0 unspecified atom stereocenters. The van der Waals surface area contributed by atoms with Crippen molar-refractivity contribution in [3.05, 3.63) is 29.8 Å². The predicted octanol–water partition coefficient (Wildman–Crippen LogP) is 1.22. The van der Waals surface area contributed by atoms with Crippen LogP contribution in [0.15, 0.2) is 23.5 Å². The zero-order valence-electron chi connectivity index (χ0n) is 10.8. The zero-order chi connectivity index (χ0) is 13.8.